The topological polar surface area (TPSA) is 59.3 Å². The van der Waals surface area contributed by atoms with Crippen molar-refractivity contribution >= 4 is 11.9 Å². The van der Waals surface area contributed by atoms with Gasteiger partial charge in [-0.1, -0.05) is 29.8 Å². The molecule has 0 N–H and O–H groups in total. The van der Waals surface area contributed by atoms with Gasteiger partial charge in [-0.3, -0.25) is 4.79 Å². The molecule has 0 aromatic heterocycles. The number of nitrogens with zero attached hydrogens (tertiary/aromatic N) is 1. The highest BCUT2D eigenvalue weighted by Gasteiger charge is 2.29. The number of Topliss-reactive ketones (excluding diaryl/α,β-unsaturated/α-hetero) is 1. The summed E-state index contributed by atoms with van der Waals surface area (Å²) in [5.74, 6) is 1.16. The van der Waals surface area contributed by atoms with Gasteiger partial charge in [0.05, 0.1) is 5.56 Å². The van der Waals surface area contributed by atoms with E-state index < -0.39 is 0 Å². The van der Waals surface area contributed by atoms with Gasteiger partial charge in [-0.05, 0) is 37.1 Å². The third kappa shape index (κ3) is 2.95. The summed E-state index contributed by atoms with van der Waals surface area (Å²) >= 11 is 0. The fourth-order valence-corrected chi connectivity index (χ4v) is 2.59. The minimum atomic E-state index is -0.133. The molecule has 1 aliphatic heterocycles. The zero-order valence-corrected chi connectivity index (χ0v) is 12.9. The third-order valence-electron chi connectivity index (χ3n) is 3.59. The van der Waals surface area contributed by atoms with E-state index >= 15 is 0 Å². The summed E-state index contributed by atoms with van der Waals surface area (Å²) in [7, 11) is 0. The number of ketones is 1. The van der Waals surface area contributed by atoms with E-state index in [2.05, 4.69) is 0 Å². The van der Waals surface area contributed by atoms with Gasteiger partial charge in [0.25, 0.3) is 0 Å². The SMILES string of the molecule is Cc1cccc(/C=C2\Oc3cc(OCC#N)cc(C)c3C2=O)c1. The minimum Gasteiger partial charge on any atom is -0.479 e. The van der Waals surface area contributed by atoms with Crippen LogP contribution < -0.4 is 9.47 Å². The number of carbonyl (C=O) groups is 1. The predicted molar refractivity (Wildman–Crippen MR) is 86.4 cm³/mol. The Morgan fingerprint density at radius 2 is 2.09 bits per heavy atom. The standard InChI is InChI=1S/C19H15NO3/c1-12-4-3-5-14(8-12)10-17-19(21)18-13(2)9-15(22-7-6-20)11-16(18)23-17/h3-5,8-11H,7H2,1-2H3/b17-10-. The van der Waals surface area contributed by atoms with Crippen molar-refractivity contribution in [3.8, 4) is 17.6 Å². The molecule has 2 aromatic carbocycles. The highest BCUT2D eigenvalue weighted by Crippen LogP contribution is 2.37. The number of fused-ring (bicyclic) bond motifs is 1. The van der Waals surface area contributed by atoms with Gasteiger partial charge in [0, 0.05) is 6.07 Å². The van der Waals surface area contributed by atoms with Crippen LogP contribution in [0.1, 0.15) is 27.0 Å². The second-order valence-corrected chi connectivity index (χ2v) is 5.41. The summed E-state index contributed by atoms with van der Waals surface area (Å²) in [6, 6.07) is 13.2. The highest BCUT2D eigenvalue weighted by molar-refractivity contribution is 6.15. The number of hydrogen-bond acceptors (Lipinski definition) is 4. The molecule has 2 aromatic rings. The Bertz CT molecular complexity index is 859. The summed E-state index contributed by atoms with van der Waals surface area (Å²) in [5.41, 5.74) is 3.35. The molecule has 114 valence electrons. The first-order chi connectivity index (χ1) is 11.1. The Morgan fingerprint density at radius 3 is 2.83 bits per heavy atom. The van der Waals surface area contributed by atoms with Crippen LogP contribution in [0.4, 0.5) is 0 Å². The molecule has 0 amide bonds. The van der Waals surface area contributed by atoms with Crippen LogP contribution in [0.2, 0.25) is 0 Å². The molecule has 0 atom stereocenters. The van der Waals surface area contributed by atoms with Gasteiger partial charge >= 0.3 is 0 Å². The van der Waals surface area contributed by atoms with Crippen molar-refractivity contribution in [3.63, 3.8) is 0 Å². The first-order valence-corrected chi connectivity index (χ1v) is 7.24. The molecule has 0 radical (unpaired) electrons. The molecule has 23 heavy (non-hydrogen) atoms. The van der Waals surface area contributed by atoms with Crippen LogP contribution in [0.3, 0.4) is 0 Å². The molecule has 0 fully saturated rings. The van der Waals surface area contributed by atoms with E-state index in [1.54, 1.807) is 18.2 Å². The molecule has 4 heteroatoms. The summed E-state index contributed by atoms with van der Waals surface area (Å²) < 4.78 is 11.0. The predicted octanol–water partition coefficient (Wildman–Crippen LogP) is 3.82. The van der Waals surface area contributed by atoms with Crippen LogP contribution in [-0.4, -0.2) is 12.4 Å². The van der Waals surface area contributed by atoms with Crippen LogP contribution >= 0.6 is 0 Å². The van der Waals surface area contributed by atoms with E-state index in [0.717, 1.165) is 16.7 Å². The molecule has 0 bridgehead atoms. The van der Waals surface area contributed by atoms with E-state index in [0.29, 0.717) is 22.8 Å². The van der Waals surface area contributed by atoms with Gasteiger partial charge in [-0.15, -0.1) is 0 Å². The Kier molecular flexibility index (Phi) is 3.86. The highest BCUT2D eigenvalue weighted by atomic mass is 16.5. The molecule has 0 spiro atoms. The lowest BCUT2D eigenvalue weighted by Gasteiger charge is -2.06. The first-order valence-electron chi connectivity index (χ1n) is 7.24. The van der Waals surface area contributed by atoms with Crippen molar-refractivity contribution in [1.29, 1.82) is 5.26 Å². The second kappa shape index (κ2) is 5.98. The lowest BCUT2D eigenvalue weighted by Crippen LogP contribution is -2.00. The Morgan fingerprint density at radius 1 is 1.26 bits per heavy atom. The van der Waals surface area contributed by atoms with Crippen molar-refractivity contribution in [3.05, 3.63) is 64.4 Å². The van der Waals surface area contributed by atoms with Crippen LogP contribution in [0.15, 0.2) is 42.2 Å². The van der Waals surface area contributed by atoms with Crippen LogP contribution in [0.5, 0.6) is 11.5 Å². The smallest absolute Gasteiger partial charge is 0.232 e. The van der Waals surface area contributed by atoms with Crippen molar-refractivity contribution < 1.29 is 14.3 Å². The summed E-state index contributed by atoms with van der Waals surface area (Å²) in [6.45, 7) is 3.78. The summed E-state index contributed by atoms with van der Waals surface area (Å²) in [5, 5.41) is 8.59. The number of hydrogen-bond donors (Lipinski definition) is 0. The molecule has 4 nitrogen and oxygen atoms in total. The molecule has 3 rings (SSSR count). The first kappa shape index (κ1) is 14.9. The van der Waals surface area contributed by atoms with Gasteiger partial charge in [-0.2, -0.15) is 5.26 Å². The van der Waals surface area contributed by atoms with E-state index in [9.17, 15) is 4.79 Å². The molecule has 1 heterocycles. The Hall–Kier alpha value is -3.06. The second-order valence-electron chi connectivity index (χ2n) is 5.41. The minimum absolute atomic E-state index is 0.0435. The molecule has 0 saturated carbocycles. The Labute approximate surface area is 134 Å². The monoisotopic (exact) mass is 305 g/mol. The van der Waals surface area contributed by atoms with Crippen molar-refractivity contribution in [2.24, 2.45) is 0 Å². The maximum atomic E-state index is 12.5. The summed E-state index contributed by atoms with van der Waals surface area (Å²) in [4.78, 5) is 12.5. The Balaban J connectivity index is 1.95. The van der Waals surface area contributed by atoms with Crippen molar-refractivity contribution in [2.75, 3.05) is 6.61 Å². The van der Waals surface area contributed by atoms with Crippen LogP contribution in [0, 0.1) is 25.2 Å². The molecule has 0 aliphatic carbocycles. The number of rotatable bonds is 3. The third-order valence-corrected chi connectivity index (χ3v) is 3.59. The normalized spacial score (nSPS) is 14.3. The maximum Gasteiger partial charge on any atom is 0.232 e. The lowest BCUT2D eigenvalue weighted by atomic mass is 10.0. The van der Waals surface area contributed by atoms with Crippen molar-refractivity contribution in [2.45, 2.75) is 13.8 Å². The number of ether oxygens (including phenoxy) is 2. The van der Waals surface area contributed by atoms with Gasteiger partial charge in [0.15, 0.2) is 12.4 Å². The van der Waals surface area contributed by atoms with Gasteiger partial charge in [0.1, 0.15) is 17.6 Å². The van der Waals surface area contributed by atoms with E-state index in [4.69, 9.17) is 14.7 Å². The van der Waals surface area contributed by atoms with Gasteiger partial charge < -0.3 is 9.47 Å². The van der Waals surface area contributed by atoms with E-state index in [1.807, 2.05) is 44.2 Å². The van der Waals surface area contributed by atoms with E-state index in [1.165, 1.54) is 0 Å². The molecule has 1 aliphatic rings. The molecule has 0 unspecified atom stereocenters. The number of carbonyl (C=O) groups excluding carboxylic acids is 1. The quantitative estimate of drug-likeness (QED) is 0.809. The zero-order chi connectivity index (χ0) is 16.4. The zero-order valence-electron chi connectivity index (χ0n) is 12.9. The largest absolute Gasteiger partial charge is 0.479 e. The maximum absolute atomic E-state index is 12.5. The number of nitriles is 1. The van der Waals surface area contributed by atoms with Gasteiger partial charge in [0.2, 0.25) is 5.78 Å². The molecular formula is C19H15NO3. The van der Waals surface area contributed by atoms with Gasteiger partial charge in [-0.25, -0.2) is 0 Å². The fraction of sp³-hybridized carbons (Fsp3) is 0.158. The number of benzene rings is 2. The number of aryl methyl sites for hydroxylation is 2. The fourth-order valence-electron chi connectivity index (χ4n) is 2.59. The van der Waals surface area contributed by atoms with Crippen LogP contribution in [0.25, 0.3) is 6.08 Å². The molecular weight excluding hydrogens is 290 g/mol. The van der Waals surface area contributed by atoms with E-state index in [-0.39, 0.29) is 12.4 Å². The lowest BCUT2D eigenvalue weighted by molar-refractivity contribution is 0.101. The summed E-state index contributed by atoms with van der Waals surface area (Å²) in [6.07, 6.45) is 1.74. The van der Waals surface area contributed by atoms with Crippen LogP contribution in [-0.2, 0) is 0 Å². The average Bonchev–Trinajstić information content (AvgIpc) is 2.82. The van der Waals surface area contributed by atoms with Crippen molar-refractivity contribution in [1.82, 2.24) is 0 Å². The number of allylic oxidation sites excluding steroid dienone is 1. The average molecular weight is 305 g/mol. The molecule has 0 saturated heterocycles.